The monoisotopic (exact) mass is 253 g/mol. The highest BCUT2D eigenvalue weighted by Crippen LogP contribution is 2.28. The molecule has 2 aromatic carbocycles. The summed E-state index contributed by atoms with van der Waals surface area (Å²) in [4.78, 5) is 0. The van der Waals surface area contributed by atoms with Gasteiger partial charge in [-0.1, -0.05) is 55.5 Å². The maximum Gasteiger partial charge on any atom is 0.0447 e. The third-order valence-corrected chi connectivity index (χ3v) is 4.08. The van der Waals surface area contributed by atoms with Crippen LogP contribution in [0, 0.1) is 13.8 Å². The van der Waals surface area contributed by atoms with Crippen molar-refractivity contribution in [2.45, 2.75) is 39.2 Å². The lowest BCUT2D eigenvalue weighted by molar-refractivity contribution is 0.424. The minimum absolute atomic E-state index is 0.278. The summed E-state index contributed by atoms with van der Waals surface area (Å²) in [6.45, 7) is 6.45. The largest absolute Gasteiger partial charge is 0.321 e. The summed E-state index contributed by atoms with van der Waals surface area (Å²) >= 11 is 0. The van der Waals surface area contributed by atoms with E-state index in [0.29, 0.717) is 0 Å². The molecule has 0 saturated carbocycles. The van der Waals surface area contributed by atoms with Gasteiger partial charge in [0.2, 0.25) is 0 Å². The number of hydrogen-bond donors (Lipinski definition) is 1. The molecule has 2 N–H and O–H groups in total. The molecule has 0 radical (unpaired) electrons. The average Bonchev–Trinajstić information content (AvgIpc) is 2.43. The lowest BCUT2D eigenvalue weighted by atomic mass is 9.81. The summed E-state index contributed by atoms with van der Waals surface area (Å²) in [6, 6.07) is 17.1. The Kier molecular flexibility index (Phi) is 4.06. The molecule has 1 unspecified atom stereocenters. The first-order valence-electron chi connectivity index (χ1n) is 6.96. The Hall–Kier alpha value is -1.60. The number of nitrogens with two attached hydrogens (primary N) is 1. The first kappa shape index (κ1) is 13.8. The van der Waals surface area contributed by atoms with Gasteiger partial charge < -0.3 is 5.73 Å². The van der Waals surface area contributed by atoms with Crippen LogP contribution in [-0.4, -0.2) is 0 Å². The highest BCUT2D eigenvalue weighted by Gasteiger charge is 2.25. The van der Waals surface area contributed by atoms with E-state index in [4.69, 9.17) is 5.73 Å². The van der Waals surface area contributed by atoms with Crippen LogP contribution >= 0.6 is 0 Å². The van der Waals surface area contributed by atoms with E-state index in [-0.39, 0.29) is 5.54 Å². The lowest BCUT2D eigenvalue weighted by Gasteiger charge is -2.29. The SMILES string of the molecule is CCC(N)(Cc1ccccc1)c1ccc(C)c(C)c1. The van der Waals surface area contributed by atoms with Gasteiger partial charge in [-0.15, -0.1) is 0 Å². The Labute approximate surface area is 116 Å². The minimum atomic E-state index is -0.278. The van der Waals surface area contributed by atoms with Gasteiger partial charge in [-0.2, -0.15) is 0 Å². The van der Waals surface area contributed by atoms with Crippen LogP contribution in [0.5, 0.6) is 0 Å². The van der Waals surface area contributed by atoms with Gasteiger partial charge in [0.1, 0.15) is 0 Å². The minimum Gasteiger partial charge on any atom is -0.321 e. The predicted octanol–water partition coefficient (Wildman–Crippen LogP) is 4.11. The van der Waals surface area contributed by atoms with Gasteiger partial charge in [0, 0.05) is 5.54 Å². The van der Waals surface area contributed by atoms with E-state index < -0.39 is 0 Å². The zero-order valence-corrected chi connectivity index (χ0v) is 12.1. The van der Waals surface area contributed by atoms with Crippen LogP contribution < -0.4 is 5.73 Å². The highest BCUT2D eigenvalue weighted by molar-refractivity contribution is 5.35. The maximum absolute atomic E-state index is 6.67. The molecule has 0 spiro atoms. The van der Waals surface area contributed by atoms with E-state index in [1.807, 2.05) is 6.07 Å². The van der Waals surface area contributed by atoms with Crippen molar-refractivity contribution in [1.82, 2.24) is 0 Å². The van der Waals surface area contributed by atoms with Crippen molar-refractivity contribution >= 4 is 0 Å². The van der Waals surface area contributed by atoms with Crippen LogP contribution in [0.15, 0.2) is 48.5 Å². The lowest BCUT2D eigenvalue weighted by Crippen LogP contribution is -2.38. The van der Waals surface area contributed by atoms with Crippen LogP contribution in [0.3, 0.4) is 0 Å². The van der Waals surface area contributed by atoms with Crippen molar-refractivity contribution in [2.75, 3.05) is 0 Å². The molecule has 0 aromatic heterocycles. The fourth-order valence-corrected chi connectivity index (χ4v) is 2.44. The molecular formula is C18H23N. The van der Waals surface area contributed by atoms with Crippen molar-refractivity contribution in [3.8, 4) is 0 Å². The molecule has 19 heavy (non-hydrogen) atoms. The fraction of sp³-hybridized carbons (Fsp3) is 0.333. The van der Waals surface area contributed by atoms with Gasteiger partial charge in [-0.25, -0.2) is 0 Å². The fourth-order valence-electron chi connectivity index (χ4n) is 2.44. The van der Waals surface area contributed by atoms with E-state index >= 15 is 0 Å². The van der Waals surface area contributed by atoms with Crippen LogP contribution in [0.1, 0.15) is 35.6 Å². The number of rotatable bonds is 4. The average molecular weight is 253 g/mol. The van der Waals surface area contributed by atoms with Crippen LogP contribution in [0.4, 0.5) is 0 Å². The van der Waals surface area contributed by atoms with E-state index in [2.05, 4.69) is 63.2 Å². The number of aryl methyl sites for hydroxylation is 2. The smallest absolute Gasteiger partial charge is 0.0447 e. The third kappa shape index (κ3) is 3.05. The second-order valence-electron chi connectivity index (χ2n) is 5.47. The van der Waals surface area contributed by atoms with E-state index in [1.54, 1.807) is 0 Å². The number of benzene rings is 2. The van der Waals surface area contributed by atoms with Crippen molar-refractivity contribution in [3.05, 3.63) is 70.8 Å². The van der Waals surface area contributed by atoms with Gasteiger partial charge in [0.05, 0.1) is 0 Å². The normalized spacial score (nSPS) is 14.1. The van der Waals surface area contributed by atoms with E-state index in [9.17, 15) is 0 Å². The van der Waals surface area contributed by atoms with Crippen molar-refractivity contribution in [3.63, 3.8) is 0 Å². The topological polar surface area (TPSA) is 26.0 Å². The summed E-state index contributed by atoms with van der Waals surface area (Å²) in [7, 11) is 0. The quantitative estimate of drug-likeness (QED) is 0.872. The molecule has 2 aromatic rings. The van der Waals surface area contributed by atoms with Crippen molar-refractivity contribution in [2.24, 2.45) is 5.73 Å². The Morgan fingerprint density at radius 3 is 2.21 bits per heavy atom. The summed E-state index contributed by atoms with van der Waals surface area (Å²) in [5.74, 6) is 0. The van der Waals surface area contributed by atoms with Crippen LogP contribution in [-0.2, 0) is 12.0 Å². The Morgan fingerprint density at radius 2 is 1.63 bits per heavy atom. The van der Waals surface area contributed by atoms with Gasteiger partial charge in [0.15, 0.2) is 0 Å². The molecule has 0 aliphatic carbocycles. The molecule has 0 amide bonds. The molecule has 0 saturated heterocycles. The highest BCUT2D eigenvalue weighted by atomic mass is 14.7. The second kappa shape index (κ2) is 5.58. The first-order valence-corrected chi connectivity index (χ1v) is 6.96. The molecule has 1 nitrogen and oxygen atoms in total. The molecule has 0 aliphatic heterocycles. The van der Waals surface area contributed by atoms with Crippen LogP contribution in [0.2, 0.25) is 0 Å². The van der Waals surface area contributed by atoms with Crippen molar-refractivity contribution in [1.29, 1.82) is 0 Å². The van der Waals surface area contributed by atoms with Crippen molar-refractivity contribution < 1.29 is 0 Å². The standard InChI is InChI=1S/C18H23N/c1-4-18(19,13-16-8-6-5-7-9-16)17-11-10-14(2)15(3)12-17/h5-12H,4,13,19H2,1-3H3. The Balaban J connectivity index is 2.33. The van der Waals surface area contributed by atoms with Gasteiger partial charge in [-0.3, -0.25) is 0 Å². The summed E-state index contributed by atoms with van der Waals surface area (Å²) in [5.41, 5.74) is 11.6. The molecular weight excluding hydrogens is 230 g/mol. The Bertz CT molecular complexity index is 545. The first-order chi connectivity index (χ1) is 9.05. The Morgan fingerprint density at radius 1 is 0.947 bits per heavy atom. The predicted molar refractivity (Wildman–Crippen MR) is 82.2 cm³/mol. The van der Waals surface area contributed by atoms with Crippen LogP contribution in [0.25, 0.3) is 0 Å². The summed E-state index contributed by atoms with van der Waals surface area (Å²) in [5, 5.41) is 0. The van der Waals surface area contributed by atoms with E-state index in [1.165, 1.54) is 22.3 Å². The van der Waals surface area contributed by atoms with Gasteiger partial charge in [0.25, 0.3) is 0 Å². The zero-order valence-electron chi connectivity index (χ0n) is 12.1. The molecule has 0 heterocycles. The molecule has 1 atom stereocenters. The van der Waals surface area contributed by atoms with E-state index in [0.717, 1.165) is 12.8 Å². The second-order valence-corrected chi connectivity index (χ2v) is 5.47. The third-order valence-electron chi connectivity index (χ3n) is 4.08. The number of hydrogen-bond acceptors (Lipinski definition) is 1. The molecule has 0 aliphatic rings. The summed E-state index contributed by atoms with van der Waals surface area (Å²) < 4.78 is 0. The molecule has 100 valence electrons. The summed E-state index contributed by atoms with van der Waals surface area (Å²) in [6.07, 6.45) is 1.82. The zero-order chi connectivity index (χ0) is 13.9. The molecule has 0 fully saturated rings. The molecule has 1 heteroatoms. The van der Waals surface area contributed by atoms with Gasteiger partial charge in [-0.05, 0) is 48.9 Å². The van der Waals surface area contributed by atoms with Gasteiger partial charge >= 0.3 is 0 Å². The molecule has 2 rings (SSSR count). The molecule has 0 bridgehead atoms. The maximum atomic E-state index is 6.67.